The largest absolute Gasteiger partial charge is 0.542 e. The van der Waals surface area contributed by atoms with Crippen LogP contribution in [0.1, 0.15) is 24.8 Å². The minimum Gasteiger partial charge on any atom is -0.542 e. The van der Waals surface area contributed by atoms with Crippen molar-refractivity contribution in [3.05, 3.63) is 24.0 Å². The van der Waals surface area contributed by atoms with Crippen molar-refractivity contribution >= 4 is 11.9 Å². The molecule has 1 heterocycles. The number of aromatic nitrogens is 1. The van der Waals surface area contributed by atoms with E-state index in [1.54, 1.807) is 23.0 Å². The number of carbonyl (C=O) groups is 2. The van der Waals surface area contributed by atoms with Gasteiger partial charge in [-0.15, -0.1) is 0 Å². The average molecular weight is 368 g/mol. The molecule has 11 heteroatoms. The van der Waals surface area contributed by atoms with Crippen molar-refractivity contribution in [1.29, 1.82) is 0 Å². The number of nitrogens with two attached hydrogens (primary N) is 1. The van der Waals surface area contributed by atoms with Crippen molar-refractivity contribution in [2.24, 2.45) is 5.73 Å². The van der Waals surface area contributed by atoms with Gasteiger partial charge in [0.05, 0.1) is 6.61 Å². The minimum absolute atomic E-state index is 0.0576. The number of aliphatic hydroxyl groups is 1. The van der Waals surface area contributed by atoms with Crippen LogP contribution in [-0.4, -0.2) is 39.5 Å². The fraction of sp³-hybridized carbons (Fsp3) is 0.500. The number of aryl methyl sites for hydroxylation is 1. The number of hydrogen-bond donors (Lipinski definition) is 4. The summed E-state index contributed by atoms with van der Waals surface area (Å²) in [7, 11) is 0. The Kier molecular flexibility index (Phi) is 9.46. The zero-order chi connectivity index (χ0) is 19.6. The summed E-state index contributed by atoms with van der Waals surface area (Å²) in [5.41, 5.74) is 5.87. The molecule has 5 N–H and O–H groups in total. The smallest absolute Gasteiger partial charge is 0.430 e. The van der Waals surface area contributed by atoms with Crippen LogP contribution >= 0.6 is 0 Å². The van der Waals surface area contributed by atoms with Crippen LogP contribution in [0.4, 0.5) is 13.2 Å². The molecule has 0 aromatic carbocycles. The summed E-state index contributed by atoms with van der Waals surface area (Å²) < 4.78 is 33.3. The van der Waals surface area contributed by atoms with Gasteiger partial charge in [0.2, 0.25) is 6.20 Å². The van der Waals surface area contributed by atoms with Crippen LogP contribution < -0.4 is 15.4 Å². The SMILES string of the molecule is N[C@@H](CCCC[n+]1ccc(CO)c(O)c1)C(=O)O.O=C([O-])C(F)(F)F. The maximum absolute atomic E-state index is 10.5. The third kappa shape index (κ3) is 9.47. The summed E-state index contributed by atoms with van der Waals surface area (Å²) >= 11 is 0. The van der Waals surface area contributed by atoms with Gasteiger partial charge in [0.25, 0.3) is 0 Å². The molecule has 0 aliphatic rings. The molecule has 0 spiro atoms. The molecule has 8 nitrogen and oxygen atoms in total. The van der Waals surface area contributed by atoms with Gasteiger partial charge in [-0.1, -0.05) is 0 Å². The lowest BCUT2D eigenvalue weighted by Crippen LogP contribution is -2.37. The standard InChI is InChI=1S/C12H18N2O4.C2HF3O2/c13-10(12(17)18)3-1-2-5-14-6-4-9(8-15)11(16)7-14;3-2(4,5)1(6)7/h4,6-7,10,15H,1-3,5,8,13H2,(H-,16,17,18);(H,6,7)/t10-;/m0./s1. The lowest BCUT2D eigenvalue weighted by molar-refractivity contribution is -0.697. The third-order valence-corrected chi connectivity index (χ3v) is 2.98. The van der Waals surface area contributed by atoms with Gasteiger partial charge < -0.3 is 31.0 Å². The van der Waals surface area contributed by atoms with E-state index in [9.17, 15) is 23.1 Å². The number of unbranched alkanes of at least 4 members (excludes halogenated alkanes) is 1. The van der Waals surface area contributed by atoms with Crippen molar-refractivity contribution in [3.63, 3.8) is 0 Å². The number of hydrogen-bond acceptors (Lipinski definition) is 6. The van der Waals surface area contributed by atoms with E-state index >= 15 is 0 Å². The van der Waals surface area contributed by atoms with Crippen molar-refractivity contribution in [3.8, 4) is 5.75 Å². The van der Waals surface area contributed by atoms with E-state index in [1.165, 1.54) is 0 Å². The number of nitrogens with zero attached hydrogens (tertiary/aromatic N) is 1. The number of carbonyl (C=O) groups excluding carboxylic acids is 1. The molecule has 1 aromatic rings. The maximum Gasteiger partial charge on any atom is 0.430 e. The monoisotopic (exact) mass is 368 g/mol. The number of rotatable bonds is 7. The van der Waals surface area contributed by atoms with Gasteiger partial charge in [0.15, 0.2) is 11.9 Å². The third-order valence-electron chi connectivity index (χ3n) is 2.98. The highest BCUT2D eigenvalue weighted by molar-refractivity contribution is 5.72. The molecule has 1 rings (SSSR count). The second kappa shape index (κ2) is 10.5. The van der Waals surface area contributed by atoms with Crippen LogP contribution in [-0.2, 0) is 22.7 Å². The summed E-state index contributed by atoms with van der Waals surface area (Å²) in [4.78, 5) is 19.3. The minimum atomic E-state index is -5.19. The predicted molar refractivity (Wildman–Crippen MR) is 74.7 cm³/mol. The first-order chi connectivity index (χ1) is 11.5. The Hall–Kier alpha value is -2.40. The summed E-state index contributed by atoms with van der Waals surface area (Å²) in [6.07, 6.45) is 0.0498. The molecule has 0 fully saturated rings. The van der Waals surface area contributed by atoms with Crippen LogP contribution in [0.25, 0.3) is 0 Å². The Morgan fingerprint density at radius 3 is 2.28 bits per heavy atom. The quantitative estimate of drug-likeness (QED) is 0.358. The van der Waals surface area contributed by atoms with Crippen molar-refractivity contribution in [2.75, 3.05) is 0 Å². The van der Waals surface area contributed by atoms with E-state index in [0.29, 0.717) is 24.9 Å². The summed E-state index contributed by atoms with van der Waals surface area (Å²) in [5, 5.41) is 35.8. The fourth-order valence-corrected chi connectivity index (χ4v) is 1.61. The first kappa shape index (κ1) is 22.6. The van der Waals surface area contributed by atoms with Crippen LogP contribution in [0.2, 0.25) is 0 Å². The predicted octanol–water partition coefficient (Wildman–Crippen LogP) is -0.947. The van der Waals surface area contributed by atoms with Gasteiger partial charge >= 0.3 is 12.1 Å². The molecule has 1 atom stereocenters. The zero-order valence-electron chi connectivity index (χ0n) is 13.1. The van der Waals surface area contributed by atoms with Crippen molar-refractivity contribution in [1.82, 2.24) is 0 Å². The molecular formula is C14H19F3N2O6. The molecule has 0 aliphatic heterocycles. The fourth-order valence-electron chi connectivity index (χ4n) is 1.61. The van der Waals surface area contributed by atoms with E-state index < -0.39 is 24.2 Å². The number of aliphatic carboxylic acids is 2. The van der Waals surface area contributed by atoms with Gasteiger partial charge in [-0.3, -0.25) is 4.79 Å². The maximum atomic E-state index is 10.5. The van der Waals surface area contributed by atoms with E-state index in [4.69, 9.17) is 25.8 Å². The first-order valence-electron chi connectivity index (χ1n) is 7.07. The van der Waals surface area contributed by atoms with Gasteiger partial charge in [-0.25, -0.2) is 4.57 Å². The Bertz CT molecular complexity index is 580. The number of aliphatic hydroxyl groups excluding tert-OH is 1. The number of carboxylic acids is 2. The first-order valence-corrected chi connectivity index (χ1v) is 7.07. The Morgan fingerprint density at radius 1 is 1.32 bits per heavy atom. The molecule has 0 bridgehead atoms. The Labute approximate surface area is 140 Å². The summed E-state index contributed by atoms with van der Waals surface area (Å²) in [6, 6.07) is 0.846. The molecule has 142 valence electrons. The van der Waals surface area contributed by atoms with E-state index in [0.717, 1.165) is 6.42 Å². The number of pyridine rings is 1. The van der Waals surface area contributed by atoms with Crippen molar-refractivity contribution in [2.45, 2.75) is 44.6 Å². The normalized spacial score (nSPS) is 12.0. The van der Waals surface area contributed by atoms with Crippen LogP contribution in [0.5, 0.6) is 5.75 Å². The number of alkyl halides is 3. The van der Waals surface area contributed by atoms with Gasteiger partial charge in [0.1, 0.15) is 18.6 Å². The Morgan fingerprint density at radius 2 is 1.88 bits per heavy atom. The molecule has 1 aromatic heterocycles. The lowest BCUT2D eigenvalue weighted by Gasteiger charge is -2.04. The van der Waals surface area contributed by atoms with Gasteiger partial charge in [0, 0.05) is 18.1 Å². The van der Waals surface area contributed by atoms with Gasteiger partial charge in [-0.05, 0) is 12.8 Å². The molecule has 0 aliphatic carbocycles. The second-order valence-corrected chi connectivity index (χ2v) is 4.98. The number of aromatic hydroxyl groups is 1. The van der Waals surface area contributed by atoms with E-state index in [-0.39, 0.29) is 12.4 Å². The molecule has 0 radical (unpaired) electrons. The molecule has 0 amide bonds. The highest BCUT2D eigenvalue weighted by Crippen LogP contribution is 2.12. The lowest BCUT2D eigenvalue weighted by atomic mass is 10.1. The van der Waals surface area contributed by atoms with Crippen LogP contribution in [0, 0.1) is 0 Å². The van der Waals surface area contributed by atoms with Crippen LogP contribution in [0.15, 0.2) is 18.5 Å². The van der Waals surface area contributed by atoms with E-state index in [1.807, 2.05) is 0 Å². The molecular weight excluding hydrogens is 349 g/mol. The van der Waals surface area contributed by atoms with Crippen molar-refractivity contribution < 1.29 is 47.8 Å². The summed E-state index contributed by atoms with van der Waals surface area (Å²) in [6.45, 7) is 0.478. The van der Waals surface area contributed by atoms with E-state index in [2.05, 4.69) is 0 Å². The topological polar surface area (TPSA) is 148 Å². The molecule has 25 heavy (non-hydrogen) atoms. The Balaban J connectivity index is 0.000000697. The number of carboxylic acid groups (broad SMARTS) is 2. The second-order valence-electron chi connectivity index (χ2n) is 4.98. The highest BCUT2D eigenvalue weighted by Gasteiger charge is 2.28. The molecule has 0 saturated heterocycles. The van der Waals surface area contributed by atoms with Crippen LogP contribution in [0.3, 0.4) is 0 Å². The number of halogens is 3. The summed E-state index contributed by atoms with van der Waals surface area (Å²) in [5.74, 6) is -3.93. The van der Waals surface area contributed by atoms with Gasteiger partial charge in [-0.2, -0.15) is 13.2 Å². The highest BCUT2D eigenvalue weighted by atomic mass is 19.4. The molecule has 0 unspecified atom stereocenters. The zero-order valence-corrected chi connectivity index (χ0v) is 13.1. The molecule has 0 saturated carbocycles. The average Bonchev–Trinajstić information content (AvgIpc) is 2.51.